The van der Waals surface area contributed by atoms with Crippen molar-refractivity contribution in [1.82, 2.24) is 25.2 Å². The first kappa shape index (κ1) is 26.1. The summed E-state index contributed by atoms with van der Waals surface area (Å²) in [5.41, 5.74) is 2.61. The van der Waals surface area contributed by atoms with Crippen LogP contribution < -0.4 is 14.8 Å². The first-order chi connectivity index (χ1) is 18.9. The van der Waals surface area contributed by atoms with E-state index in [1.165, 1.54) is 33.8 Å². The second-order valence-corrected chi connectivity index (χ2v) is 9.87. The van der Waals surface area contributed by atoms with Gasteiger partial charge < -0.3 is 19.7 Å². The molecule has 5 rings (SSSR count). The van der Waals surface area contributed by atoms with Gasteiger partial charge in [0.15, 0.2) is 11.5 Å². The smallest absolute Gasteiger partial charge is 0.247 e. The van der Waals surface area contributed by atoms with Crippen molar-refractivity contribution in [3.05, 3.63) is 83.7 Å². The average molecular weight is 532 g/mol. The van der Waals surface area contributed by atoms with E-state index in [2.05, 4.69) is 29.5 Å². The van der Waals surface area contributed by atoms with E-state index >= 15 is 0 Å². The summed E-state index contributed by atoms with van der Waals surface area (Å²) in [7, 11) is 0. The molecule has 0 saturated carbocycles. The van der Waals surface area contributed by atoms with Crippen LogP contribution in [0.5, 0.6) is 11.5 Å². The van der Waals surface area contributed by atoms with Crippen LogP contribution in [0.3, 0.4) is 0 Å². The van der Waals surface area contributed by atoms with E-state index < -0.39 is 11.9 Å². The highest BCUT2D eigenvalue weighted by molar-refractivity contribution is 5.89. The van der Waals surface area contributed by atoms with Crippen molar-refractivity contribution < 1.29 is 23.5 Å². The van der Waals surface area contributed by atoms with Crippen LogP contribution in [0.1, 0.15) is 37.4 Å². The number of hydrogen-bond acceptors (Lipinski definition) is 6. The van der Waals surface area contributed by atoms with Crippen LogP contribution >= 0.6 is 0 Å². The lowest BCUT2D eigenvalue weighted by Gasteiger charge is -2.32. The summed E-state index contributed by atoms with van der Waals surface area (Å²) in [5, 5.41) is 11.3. The van der Waals surface area contributed by atoms with E-state index in [1.807, 2.05) is 30.3 Å². The predicted octanol–water partition coefficient (Wildman–Crippen LogP) is 4.23. The molecular formula is C29H30FN5O4. The number of halogens is 1. The number of aromatic nitrogens is 3. The zero-order valence-electron chi connectivity index (χ0n) is 21.8. The van der Waals surface area contributed by atoms with E-state index in [4.69, 9.17) is 9.47 Å². The Morgan fingerprint density at radius 2 is 1.82 bits per heavy atom. The summed E-state index contributed by atoms with van der Waals surface area (Å²) in [6, 6.07) is 17.4. The monoisotopic (exact) mass is 531 g/mol. The fraction of sp³-hybridized carbons (Fsp3) is 0.310. The van der Waals surface area contributed by atoms with Crippen molar-refractivity contribution in [2.75, 3.05) is 13.3 Å². The van der Waals surface area contributed by atoms with Crippen LogP contribution in [-0.4, -0.2) is 45.0 Å². The van der Waals surface area contributed by atoms with Gasteiger partial charge in [-0.15, -0.1) is 5.10 Å². The Labute approximate surface area is 225 Å². The minimum absolute atomic E-state index is 0.0990. The molecule has 0 radical (unpaired) electrons. The Kier molecular flexibility index (Phi) is 7.72. The number of carbonyl (C=O) groups is 2. The number of amides is 2. The number of carbonyl (C=O) groups excluding carboxylic acids is 2. The van der Waals surface area contributed by atoms with Gasteiger partial charge in [-0.05, 0) is 59.9 Å². The lowest BCUT2D eigenvalue weighted by Crippen LogP contribution is -2.45. The molecule has 3 aromatic carbocycles. The molecule has 1 atom stereocenters. The third-order valence-corrected chi connectivity index (χ3v) is 6.58. The molecule has 2 amide bonds. The highest BCUT2D eigenvalue weighted by Crippen LogP contribution is 2.34. The summed E-state index contributed by atoms with van der Waals surface area (Å²) in [6.07, 6.45) is 0.781. The fourth-order valence-corrected chi connectivity index (χ4v) is 4.51. The summed E-state index contributed by atoms with van der Waals surface area (Å²) in [6.45, 7) is 4.68. The van der Waals surface area contributed by atoms with Crippen molar-refractivity contribution >= 4 is 22.8 Å². The fourth-order valence-electron chi connectivity index (χ4n) is 4.51. The maximum absolute atomic E-state index is 14.0. The molecule has 2 heterocycles. The van der Waals surface area contributed by atoms with E-state index in [0.29, 0.717) is 40.6 Å². The van der Waals surface area contributed by atoms with Crippen LogP contribution in [0.25, 0.3) is 11.0 Å². The number of nitrogens with zero attached hydrogens (tertiary/aromatic N) is 4. The van der Waals surface area contributed by atoms with Crippen molar-refractivity contribution in [3.63, 3.8) is 0 Å². The van der Waals surface area contributed by atoms with E-state index in [1.54, 1.807) is 12.1 Å². The minimum atomic E-state index is -1.01. The van der Waals surface area contributed by atoms with Crippen molar-refractivity contribution in [3.8, 4) is 11.5 Å². The third-order valence-electron chi connectivity index (χ3n) is 6.58. The highest BCUT2D eigenvalue weighted by Gasteiger charge is 2.32. The molecule has 0 spiro atoms. The van der Waals surface area contributed by atoms with E-state index in [-0.39, 0.29) is 31.7 Å². The Bertz CT molecular complexity index is 1470. The first-order valence-electron chi connectivity index (χ1n) is 12.9. The quantitative estimate of drug-likeness (QED) is 0.329. The molecule has 0 bridgehead atoms. The maximum atomic E-state index is 14.0. The van der Waals surface area contributed by atoms with Crippen molar-refractivity contribution in [2.24, 2.45) is 5.92 Å². The summed E-state index contributed by atoms with van der Waals surface area (Å²) < 4.78 is 26.3. The number of fused-ring (bicyclic) bond motifs is 2. The molecule has 4 aromatic rings. The molecule has 0 unspecified atom stereocenters. The lowest BCUT2D eigenvalue weighted by atomic mass is 10.0. The van der Waals surface area contributed by atoms with Crippen molar-refractivity contribution in [1.29, 1.82) is 0 Å². The molecule has 1 aliphatic heterocycles. The predicted molar refractivity (Wildman–Crippen MR) is 142 cm³/mol. The number of hydrogen-bond donors (Lipinski definition) is 1. The number of ether oxygens (including phenoxy) is 2. The molecule has 1 N–H and O–H groups in total. The zero-order valence-corrected chi connectivity index (χ0v) is 21.8. The van der Waals surface area contributed by atoms with E-state index in [9.17, 15) is 14.0 Å². The van der Waals surface area contributed by atoms with Gasteiger partial charge in [-0.3, -0.25) is 9.59 Å². The molecule has 1 aromatic heterocycles. The van der Waals surface area contributed by atoms with Gasteiger partial charge in [0.25, 0.3) is 0 Å². The molecular weight excluding hydrogens is 501 g/mol. The largest absolute Gasteiger partial charge is 0.454 e. The second kappa shape index (κ2) is 11.5. The Hall–Kier alpha value is -4.47. The number of rotatable bonds is 10. The molecule has 0 saturated heterocycles. The normalized spacial score (nSPS) is 13.0. The molecule has 39 heavy (non-hydrogen) atoms. The van der Waals surface area contributed by atoms with Gasteiger partial charge in [-0.1, -0.05) is 49.4 Å². The van der Waals surface area contributed by atoms with Crippen molar-refractivity contribution in [2.45, 2.75) is 39.4 Å². The van der Waals surface area contributed by atoms with Gasteiger partial charge in [0.2, 0.25) is 18.6 Å². The van der Waals surface area contributed by atoms with Crippen LogP contribution in [0, 0.1) is 11.7 Å². The lowest BCUT2D eigenvalue weighted by molar-refractivity contribution is -0.142. The van der Waals surface area contributed by atoms with Crippen LogP contribution in [0.2, 0.25) is 0 Å². The average Bonchev–Trinajstić information content (AvgIpc) is 3.56. The minimum Gasteiger partial charge on any atom is -0.454 e. The highest BCUT2D eigenvalue weighted by atomic mass is 19.1. The SMILES string of the molecule is CC(C)CCNC(=O)[C@H](c1ccc(F)cc1)N(Cc1ccc2c(c1)OCO2)C(=O)Cn1nnc2ccccc21. The number of para-hydroxylation sites is 1. The summed E-state index contributed by atoms with van der Waals surface area (Å²) >= 11 is 0. The van der Waals surface area contributed by atoms with Crippen LogP contribution in [-0.2, 0) is 22.7 Å². The topological polar surface area (TPSA) is 98.6 Å². The van der Waals surface area contributed by atoms with Gasteiger partial charge in [-0.25, -0.2) is 9.07 Å². The summed E-state index contributed by atoms with van der Waals surface area (Å²) in [5.74, 6) is 0.451. The molecule has 9 nitrogen and oxygen atoms in total. The summed E-state index contributed by atoms with van der Waals surface area (Å²) in [4.78, 5) is 29.1. The number of nitrogens with one attached hydrogen (secondary N) is 1. The Balaban J connectivity index is 1.51. The molecule has 1 aliphatic rings. The van der Waals surface area contributed by atoms with Gasteiger partial charge >= 0.3 is 0 Å². The third kappa shape index (κ3) is 6.00. The van der Waals surface area contributed by atoms with Crippen LogP contribution in [0.15, 0.2) is 66.7 Å². The van der Waals surface area contributed by atoms with Gasteiger partial charge in [-0.2, -0.15) is 0 Å². The number of benzene rings is 3. The van der Waals surface area contributed by atoms with Gasteiger partial charge in [0.1, 0.15) is 23.9 Å². The molecule has 0 fully saturated rings. The van der Waals surface area contributed by atoms with E-state index in [0.717, 1.165) is 12.0 Å². The second-order valence-electron chi connectivity index (χ2n) is 9.87. The van der Waals surface area contributed by atoms with Gasteiger partial charge in [0, 0.05) is 13.1 Å². The molecule has 0 aliphatic carbocycles. The standard InChI is InChI=1S/C29H30FN5O4/c1-19(2)13-14-31-29(37)28(21-8-10-22(30)11-9-21)34(16-20-7-12-25-26(15-20)39-18-38-25)27(36)17-35-24-6-4-3-5-23(24)32-33-35/h3-12,15,19,28H,13-14,16-18H2,1-2H3,(H,31,37)/t28-/m0/s1. The van der Waals surface area contributed by atoms with Crippen LogP contribution in [0.4, 0.5) is 4.39 Å². The Morgan fingerprint density at radius 3 is 2.62 bits per heavy atom. The first-order valence-corrected chi connectivity index (χ1v) is 12.9. The Morgan fingerprint density at radius 1 is 1.05 bits per heavy atom. The molecule has 10 heteroatoms. The zero-order chi connectivity index (χ0) is 27.4. The molecule has 202 valence electrons. The maximum Gasteiger partial charge on any atom is 0.247 e. The van der Waals surface area contributed by atoms with Gasteiger partial charge in [0.05, 0.1) is 5.52 Å².